The number of aromatic amines is 1. The number of halogens is 1. The molecule has 1 fully saturated rings. The third kappa shape index (κ3) is 1.29. The molecule has 1 unspecified atom stereocenters. The van der Waals surface area contributed by atoms with Crippen molar-refractivity contribution < 1.29 is 4.39 Å². The van der Waals surface area contributed by atoms with Gasteiger partial charge in [-0.1, -0.05) is 12.1 Å². The molecule has 2 nitrogen and oxygen atoms in total. The van der Waals surface area contributed by atoms with Gasteiger partial charge in [-0.3, -0.25) is 0 Å². The van der Waals surface area contributed by atoms with Crippen LogP contribution in [0.15, 0.2) is 24.4 Å². The fourth-order valence-corrected chi connectivity index (χ4v) is 3.50. The van der Waals surface area contributed by atoms with Gasteiger partial charge in [-0.05, 0) is 30.0 Å². The monoisotopic (exact) mass is 230 g/mol. The Morgan fingerprint density at radius 2 is 2.24 bits per heavy atom. The predicted octanol–water partition coefficient (Wildman–Crippen LogP) is 2.51. The van der Waals surface area contributed by atoms with Crippen LogP contribution in [0.2, 0.25) is 0 Å². The van der Waals surface area contributed by atoms with Crippen LogP contribution >= 0.6 is 0 Å². The van der Waals surface area contributed by atoms with Gasteiger partial charge < -0.3 is 10.3 Å². The van der Waals surface area contributed by atoms with Crippen molar-refractivity contribution in [3.05, 3.63) is 35.5 Å². The van der Waals surface area contributed by atoms with Crippen LogP contribution in [0.4, 0.5) is 4.39 Å². The van der Waals surface area contributed by atoms with Crippen molar-refractivity contribution in [3.63, 3.8) is 0 Å². The number of fused-ring (bicyclic) bond motifs is 2. The summed E-state index contributed by atoms with van der Waals surface area (Å²) in [5, 5.41) is 4.69. The van der Waals surface area contributed by atoms with Gasteiger partial charge in [0.05, 0.1) is 0 Å². The number of aromatic nitrogens is 1. The van der Waals surface area contributed by atoms with Gasteiger partial charge in [-0.2, -0.15) is 0 Å². The van der Waals surface area contributed by atoms with Gasteiger partial charge in [0, 0.05) is 35.6 Å². The molecule has 2 aromatic rings. The van der Waals surface area contributed by atoms with Crippen molar-refractivity contribution in [1.82, 2.24) is 10.3 Å². The molecule has 1 aliphatic carbocycles. The van der Waals surface area contributed by atoms with E-state index >= 15 is 0 Å². The zero-order valence-electron chi connectivity index (χ0n) is 9.54. The highest BCUT2D eigenvalue weighted by atomic mass is 19.1. The number of H-pyrrole nitrogens is 1. The third-order valence-corrected chi connectivity index (χ3v) is 4.26. The lowest BCUT2D eigenvalue weighted by Gasteiger charge is -2.38. The van der Waals surface area contributed by atoms with Gasteiger partial charge >= 0.3 is 0 Å². The summed E-state index contributed by atoms with van der Waals surface area (Å²) in [5.41, 5.74) is 3.89. The zero-order valence-corrected chi connectivity index (χ0v) is 9.54. The average molecular weight is 230 g/mol. The Morgan fingerprint density at radius 3 is 3.18 bits per heavy atom. The van der Waals surface area contributed by atoms with E-state index in [9.17, 15) is 4.39 Å². The summed E-state index contributed by atoms with van der Waals surface area (Å²) >= 11 is 0. The lowest BCUT2D eigenvalue weighted by Crippen LogP contribution is -2.47. The second-order valence-electron chi connectivity index (χ2n) is 5.24. The van der Waals surface area contributed by atoms with Crippen LogP contribution < -0.4 is 5.32 Å². The summed E-state index contributed by atoms with van der Waals surface area (Å²) in [6.45, 7) is 0.511. The average Bonchev–Trinajstić information content (AvgIpc) is 2.75. The van der Waals surface area contributed by atoms with Crippen molar-refractivity contribution in [2.24, 2.45) is 0 Å². The number of hydrogen-bond acceptors (Lipinski definition) is 1. The van der Waals surface area contributed by atoms with Crippen LogP contribution in [0.5, 0.6) is 0 Å². The van der Waals surface area contributed by atoms with Gasteiger partial charge in [-0.25, -0.2) is 4.39 Å². The van der Waals surface area contributed by atoms with E-state index in [1.807, 2.05) is 0 Å². The quantitative estimate of drug-likeness (QED) is 0.715. The Hall–Kier alpha value is -1.35. The first kappa shape index (κ1) is 9.66. The molecule has 3 heteroatoms. The maximum Gasteiger partial charge on any atom is 0.113 e. The molecule has 1 aliphatic heterocycles. The minimum absolute atomic E-state index is 0.339. The van der Waals surface area contributed by atoms with Crippen LogP contribution in [-0.4, -0.2) is 23.7 Å². The predicted molar refractivity (Wildman–Crippen MR) is 66.0 cm³/mol. The fraction of sp³-hybridized carbons (Fsp3) is 0.429. The Balaban J connectivity index is 1.92. The number of piperidine rings is 1. The third-order valence-electron chi connectivity index (χ3n) is 4.26. The number of nitrogens with one attached hydrogen (secondary N) is 2. The minimum atomic E-state index is -0.702. The molecule has 0 bridgehead atoms. The van der Waals surface area contributed by atoms with Gasteiger partial charge in [0.15, 0.2) is 0 Å². The van der Waals surface area contributed by atoms with E-state index in [0.717, 1.165) is 6.42 Å². The fourth-order valence-electron chi connectivity index (χ4n) is 3.50. The molecule has 2 aliphatic rings. The molecule has 0 spiro atoms. The maximum absolute atomic E-state index is 13.6. The summed E-state index contributed by atoms with van der Waals surface area (Å²) in [6.07, 6.45) is 3.09. The second-order valence-corrected chi connectivity index (χ2v) is 5.24. The Kier molecular flexibility index (Phi) is 1.89. The highest BCUT2D eigenvalue weighted by Gasteiger charge is 2.36. The molecule has 0 saturated carbocycles. The molecule has 2 N–H and O–H groups in total. The second kappa shape index (κ2) is 3.33. The smallest absolute Gasteiger partial charge is 0.113 e. The SMILES string of the molecule is FC1CN[C@@H]2Cc3c[nH]c4cccc(c34)[C@H]2C1. The van der Waals surface area contributed by atoms with Gasteiger partial charge in [0.25, 0.3) is 0 Å². The summed E-state index contributed by atoms with van der Waals surface area (Å²) in [7, 11) is 0. The van der Waals surface area contributed by atoms with E-state index in [2.05, 4.69) is 34.7 Å². The molecule has 0 radical (unpaired) electrons. The summed E-state index contributed by atoms with van der Waals surface area (Å²) in [6, 6.07) is 6.75. The first-order valence-electron chi connectivity index (χ1n) is 6.29. The van der Waals surface area contributed by atoms with Crippen LogP contribution in [0.25, 0.3) is 10.9 Å². The summed E-state index contributed by atoms with van der Waals surface area (Å²) in [5.74, 6) is 0.339. The number of hydrogen-bond donors (Lipinski definition) is 2. The van der Waals surface area contributed by atoms with Crippen molar-refractivity contribution in [2.45, 2.75) is 31.0 Å². The van der Waals surface area contributed by atoms with Gasteiger partial charge in [0.2, 0.25) is 0 Å². The number of alkyl halides is 1. The van der Waals surface area contributed by atoms with E-state index in [0.29, 0.717) is 24.9 Å². The molecule has 3 atom stereocenters. The van der Waals surface area contributed by atoms with Crippen LogP contribution in [0, 0.1) is 0 Å². The lowest BCUT2D eigenvalue weighted by molar-refractivity contribution is 0.206. The van der Waals surface area contributed by atoms with E-state index in [-0.39, 0.29) is 0 Å². The Bertz CT molecular complexity index is 575. The molecule has 2 heterocycles. The largest absolute Gasteiger partial charge is 0.361 e. The van der Waals surface area contributed by atoms with E-state index < -0.39 is 6.17 Å². The highest BCUT2D eigenvalue weighted by Crippen LogP contribution is 2.40. The normalized spacial score (nSPS) is 31.5. The van der Waals surface area contributed by atoms with Crippen LogP contribution in [0.3, 0.4) is 0 Å². The molecular weight excluding hydrogens is 215 g/mol. The van der Waals surface area contributed by atoms with Crippen molar-refractivity contribution >= 4 is 10.9 Å². The lowest BCUT2D eigenvalue weighted by atomic mass is 9.76. The minimum Gasteiger partial charge on any atom is -0.361 e. The van der Waals surface area contributed by atoms with E-state index in [4.69, 9.17) is 0 Å². The Labute approximate surface area is 99.2 Å². The standard InChI is InChI=1S/C14H15FN2/c15-9-5-11-10-2-1-3-12-14(10)8(6-16-12)4-13(11)17-7-9/h1-3,6,9,11,13,16-17H,4-5,7H2/t9?,11-,13-/m1/s1. The summed E-state index contributed by atoms with van der Waals surface area (Å²) < 4.78 is 13.6. The molecule has 17 heavy (non-hydrogen) atoms. The molecule has 88 valence electrons. The molecule has 1 saturated heterocycles. The Morgan fingerprint density at radius 1 is 1.29 bits per heavy atom. The van der Waals surface area contributed by atoms with Crippen LogP contribution in [-0.2, 0) is 6.42 Å². The molecule has 1 aromatic heterocycles. The first-order chi connectivity index (χ1) is 8.33. The van der Waals surface area contributed by atoms with Crippen LogP contribution in [0.1, 0.15) is 23.5 Å². The molecule has 1 aromatic carbocycles. The topological polar surface area (TPSA) is 27.8 Å². The summed E-state index contributed by atoms with van der Waals surface area (Å²) in [4.78, 5) is 3.32. The van der Waals surface area contributed by atoms with Crippen molar-refractivity contribution in [1.29, 1.82) is 0 Å². The zero-order chi connectivity index (χ0) is 11.4. The van der Waals surface area contributed by atoms with E-state index in [1.165, 1.54) is 22.0 Å². The maximum atomic E-state index is 13.6. The van der Waals surface area contributed by atoms with Crippen molar-refractivity contribution in [3.8, 4) is 0 Å². The van der Waals surface area contributed by atoms with Gasteiger partial charge in [-0.15, -0.1) is 0 Å². The molecular formula is C14H15FN2. The van der Waals surface area contributed by atoms with Gasteiger partial charge in [0.1, 0.15) is 6.17 Å². The number of rotatable bonds is 0. The first-order valence-corrected chi connectivity index (χ1v) is 6.29. The molecule has 4 rings (SSSR count). The molecule has 0 amide bonds. The van der Waals surface area contributed by atoms with E-state index in [1.54, 1.807) is 0 Å². The number of benzene rings is 1. The highest BCUT2D eigenvalue weighted by molar-refractivity contribution is 5.88. The van der Waals surface area contributed by atoms with Crippen molar-refractivity contribution in [2.75, 3.05) is 6.54 Å².